The topological polar surface area (TPSA) is 56.7 Å². The highest BCUT2D eigenvalue weighted by Gasteiger charge is 2.08. The summed E-state index contributed by atoms with van der Waals surface area (Å²) in [5.41, 5.74) is 1.43. The highest BCUT2D eigenvalue weighted by atomic mass is 127. The maximum Gasteiger partial charge on any atom is 0.243 e. The van der Waals surface area contributed by atoms with E-state index in [0.29, 0.717) is 11.6 Å². The van der Waals surface area contributed by atoms with Gasteiger partial charge in [-0.15, -0.1) is 30.4 Å². The van der Waals surface area contributed by atoms with E-state index in [4.69, 9.17) is 6.42 Å². The van der Waals surface area contributed by atoms with Crippen molar-refractivity contribution in [2.24, 2.45) is 4.99 Å². The molecule has 0 heterocycles. The van der Waals surface area contributed by atoms with Crippen molar-refractivity contribution >= 4 is 41.5 Å². The molecule has 0 saturated heterocycles. The summed E-state index contributed by atoms with van der Waals surface area (Å²) in [7, 11) is 3.67. The van der Waals surface area contributed by atoms with Crippen LogP contribution >= 0.6 is 24.0 Å². The molecule has 23 heavy (non-hydrogen) atoms. The van der Waals surface area contributed by atoms with Gasteiger partial charge in [0.1, 0.15) is 0 Å². The average Bonchev–Trinajstić information content (AvgIpc) is 2.53. The summed E-state index contributed by atoms with van der Waals surface area (Å²) in [6, 6.07) is 7.20. The zero-order chi connectivity index (χ0) is 16.4. The first-order chi connectivity index (χ1) is 10.6. The van der Waals surface area contributed by atoms with Crippen LogP contribution in [0.15, 0.2) is 29.3 Å². The maximum atomic E-state index is 12.0. The van der Waals surface area contributed by atoms with Gasteiger partial charge in [-0.3, -0.25) is 9.79 Å². The number of carbonyl (C=O) groups excluding carboxylic acids is 1. The standard InChI is InChI=1S/C17H24N4O.HI/c1-5-7-11-21(4)17(18-3)19-13-16(22)20-15-10-8-9-14(6-2)12-15;/h2,8-10,12H,5,7,11,13H2,1,3-4H3,(H,18,19)(H,20,22);1H. The van der Waals surface area contributed by atoms with Crippen molar-refractivity contribution in [3.8, 4) is 12.3 Å². The summed E-state index contributed by atoms with van der Waals surface area (Å²) in [5, 5.41) is 5.86. The molecule has 0 fully saturated rings. The van der Waals surface area contributed by atoms with Crippen molar-refractivity contribution in [1.82, 2.24) is 10.2 Å². The van der Waals surface area contributed by atoms with E-state index in [9.17, 15) is 4.79 Å². The van der Waals surface area contributed by atoms with E-state index in [2.05, 4.69) is 28.5 Å². The number of nitrogens with one attached hydrogen (secondary N) is 2. The molecular formula is C17H25IN4O. The summed E-state index contributed by atoms with van der Waals surface area (Å²) in [4.78, 5) is 18.2. The Kier molecular flexibility index (Phi) is 10.9. The predicted octanol–water partition coefficient (Wildman–Crippen LogP) is 2.53. The SMILES string of the molecule is C#Cc1cccc(NC(=O)CNC(=NC)N(C)CCCC)c1.I. The zero-order valence-corrected chi connectivity index (χ0v) is 16.3. The summed E-state index contributed by atoms with van der Waals surface area (Å²) < 4.78 is 0. The van der Waals surface area contributed by atoms with Gasteiger partial charge >= 0.3 is 0 Å². The highest BCUT2D eigenvalue weighted by Crippen LogP contribution is 2.09. The second-order valence-electron chi connectivity index (χ2n) is 4.95. The van der Waals surface area contributed by atoms with Crippen LogP contribution in [0.2, 0.25) is 0 Å². The van der Waals surface area contributed by atoms with Crippen molar-refractivity contribution in [3.63, 3.8) is 0 Å². The molecule has 0 atom stereocenters. The van der Waals surface area contributed by atoms with Gasteiger partial charge in [0.15, 0.2) is 5.96 Å². The van der Waals surface area contributed by atoms with Crippen LogP contribution in [0.1, 0.15) is 25.3 Å². The molecule has 0 spiro atoms. The van der Waals surface area contributed by atoms with Crippen LogP contribution < -0.4 is 10.6 Å². The van der Waals surface area contributed by atoms with Gasteiger partial charge in [0.2, 0.25) is 5.91 Å². The molecule has 0 unspecified atom stereocenters. The third-order valence-corrected chi connectivity index (χ3v) is 3.14. The average molecular weight is 428 g/mol. The van der Waals surface area contributed by atoms with E-state index in [0.717, 1.165) is 24.9 Å². The van der Waals surface area contributed by atoms with E-state index in [1.54, 1.807) is 19.2 Å². The number of hydrogen-bond donors (Lipinski definition) is 2. The van der Waals surface area contributed by atoms with Crippen molar-refractivity contribution in [2.75, 3.05) is 32.5 Å². The van der Waals surface area contributed by atoms with Gasteiger partial charge in [-0.1, -0.05) is 25.3 Å². The number of hydrogen-bond acceptors (Lipinski definition) is 2. The minimum atomic E-state index is -0.140. The second kappa shape index (κ2) is 11.8. The molecule has 0 aliphatic heterocycles. The third-order valence-electron chi connectivity index (χ3n) is 3.14. The second-order valence-corrected chi connectivity index (χ2v) is 4.95. The number of aliphatic imine (C=N–C) groups is 1. The molecule has 5 nitrogen and oxygen atoms in total. The van der Waals surface area contributed by atoms with Gasteiger partial charge in [0.25, 0.3) is 0 Å². The quantitative estimate of drug-likeness (QED) is 0.317. The summed E-state index contributed by atoms with van der Waals surface area (Å²) >= 11 is 0. The number of anilines is 1. The lowest BCUT2D eigenvalue weighted by atomic mass is 10.2. The number of nitrogens with zero attached hydrogens (tertiary/aromatic N) is 2. The minimum absolute atomic E-state index is 0. The number of rotatable bonds is 6. The molecule has 1 aromatic rings. The van der Waals surface area contributed by atoms with E-state index < -0.39 is 0 Å². The van der Waals surface area contributed by atoms with Crippen LogP contribution in [0, 0.1) is 12.3 Å². The fourth-order valence-corrected chi connectivity index (χ4v) is 1.94. The first-order valence-corrected chi connectivity index (χ1v) is 7.39. The van der Waals surface area contributed by atoms with Crippen molar-refractivity contribution in [2.45, 2.75) is 19.8 Å². The summed E-state index contributed by atoms with van der Waals surface area (Å²) in [6.45, 7) is 3.20. The molecule has 126 valence electrons. The predicted molar refractivity (Wildman–Crippen MR) is 107 cm³/mol. The Morgan fingerprint density at radius 2 is 2.17 bits per heavy atom. The van der Waals surface area contributed by atoms with Crippen LogP contribution in [0.4, 0.5) is 5.69 Å². The Hall–Kier alpha value is -1.75. The van der Waals surface area contributed by atoms with E-state index >= 15 is 0 Å². The molecule has 0 aliphatic carbocycles. The Balaban J connectivity index is 0.00000484. The summed E-state index contributed by atoms with van der Waals surface area (Å²) in [5.74, 6) is 3.11. The molecule has 0 radical (unpaired) electrons. The van der Waals surface area contributed by atoms with Gasteiger partial charge in [0.05, 0.1) is 6.54 Å². The van der Waals surface area contributed by atoms with Gasteiger partial charge in [-0.2, -0.15) is 0 Å². The lowest BCUT2D eigenvalue weighted by Gasteiger charge is -2.21. The molecule has 0 aromatic heterocycles. The Morgan fingerprint density at radius 1 is 1.43 bits per heavy atom. The maximum absolute atomic E-state index is 12.0. The zero-order valence-electron chi connectivity index (χ0n) is 13.9. The Bertz CT molecular complexity index is 566. The van der Waals surface area contributed by atoms with Gasteiger partial charge in [0, 0.05) is 31.9 Å². The van der Waals surface area contributed by atoms with Crippen molar-refractivity contribution < 1.29 is 4.79 Å². The molecule has 2 N–H and O–H groups in total. The number of halogens is 1. The number of amides is 1. The lowest BCUT2D eigenvalue weighted by Crippen LogP contribution is -2.42. The van der Waals surface area contributed by atoms with Crippen LogP contribution in [-0.4, -0.2) is 44.0 Å². The highest BCUT2D eigenvalue weighted by molar-refractivity contribution is 14.0. The lowest BCUT2D eigenvalue weighted by molar-refractivity contribution is -0.115. The molecule has 6 heteroatoms. The van der Waals surface area contributed by atoms with Gasteiger partial charge in [-0.25, -0.2) is 0 Å². The molecule has 0 saturated carbocycles. The van der Waals surface area contributed by atoms with Crippen LogP contribution in [-0.2, 0) is 4.79 Å². The molecule has 1 amide bonds. The molecule has 1 rings (SSSR count). The number of terminal acetylenes is 1. The number of carbonyl (C=O) groups is 1. The minimum Gasteiger partial charge on any atom is -0.347 e. The molecular weight excluding hydrogens is 403 g/mol. The van der Waals surface area contributed by atoms with Crippen molar-refractivity contribution in [1.29, 1.82) is 0 Å². The number of benzene rings is 1. The van der Waals surface area contributed by atoms with E-state index in [-0.39, 0.29) is 36.4 Å². The van der Waals surface area contributed by atoms with E-state index in [1.807, 2.05) is 24.1 Å². The largest absolute Gasteiger partial charge is 0.347 e. The van der Waals surface area contributed by atoms with Crippen LogP contribution in [0.5, 0.6) is 0 Å². The monoisotopic (exact) mass is 428 g/mol. The first kappa shape index (κ1) is 21.2. The Morgan fingerprint density at radius 3 is 2.78 bits per heavy atom. The fourth-order valence-electron chi connectivity index (χ4n) is 1.94. The number of guanidine groups is 1. The third kappa shape index (κ3) is 7.88. The Labute approximate surface area is 156 Å². The van der Waals surface area contributed by atoms with Gasteiger partial charge in [-0.05, 0) is 24.6 Å². The van der Waals surface area contributed by atoms with Crippen molar-refractivity contribution in [3.05, 3.63) is 29.8 Å². The molecule has 0 aliphatic rings. The summed E-state index contributed by atoms with van der Waals surface area (Å²) in [6.07, 6.45) is 7.55. The molecule has 1 aromatic carbocycles. The molecule has 0 bridgehead atoms. The first-order valence-electron chi connectivity index (χ1n) is 7.39. The smallest absolute Gasteiger partial charge is 0.243 e. The van der Waals surface area contributed by atoms with Crippen LogP contribution in [0.25, 0.3) is 0 Å². The normalized spacial score (nSPS) is 10.3. The van der Waals surface area contributed by atoms with Gasteiger partial charge < -0.3 is 15.5 Å². The van der Waals surface area contributed by atoms with E-state index in [1.165, 1.54) is 0 Å². The van der Waals surface area contributed by atoms with Crippen LogP contribution in [0.3, 0.4) is 0 Å². The fraction of sp³-hybridized carbons (Fsp3) is 0.412. The number of unbranched alkanes of at least 4 members (excludes halogenated alkanes) is 1.